The number of hydrogen-bond acceptors (Lipinski definition) is 2. The summed E-state index contributed by atoms with van der Waals surface area (Å²) >= 11 is 0. The Bertz CT molecular complexity index is 181. The Labute approximate surface area is 67.4 Å². The van der Waals surface area contributed by atoms with Gasteiger partial charge in [-0.25, -0.2) is 0 Å². The molecule has 0 bridgehead atoms. The standard InChI is InChI=1S/C8H15N3/c1-3-8(2)4-6-11-7-5-9-10-11/h5,7-8H,3-4,6H2,1-2H3. The minimum Gasteiger partial charge on any atom is -0.253 e. The van der Waals surface area contributed by atoms with Crippen molar-refractivity contribution < 1.29 is 0 Å². The summed E-state index contributed by atoms with van der Waals surface area (Å²) in [7, 11) is 0. The van der Waals surface area contributed by atoms with Gasteiger partial charge in [-0.2, -0.15) is 0 Å². The van der Waals surface area contributed by atoms with Crippen LogP contribution in [0, 0.1) is 5.92 Å². The van der Waals surface area contributed by atoms with Gasteiger partial charge >= 0.3 is 0 Å². The van der Waals surface area contributed by atoms with Gasteiger partial charge in [-0.1, -0.05) is 25.5 Å². The molecule has 3 nitrogen and oxygen atoms in total. The Balaban J connectivity index is 2.23. The molecule has 62 valence electrons. The van der Waals surface area contributed by atoms with Gasteiger partial charge in [0, 0.05) is 12.7 Å². The van der Waals surface area contributed by atoms with Crippen LogP contribution in [0.5, 0.6) is 0 Å². The number of rotatable bonds is 4. The smallest absolute Gasteiger partial charge is 0.0692 e. The van der Waals surface area contributed by atoms with Gasteiger partial charge in [-0.05, 0) is 12.3 Å². The lowest BCUT2D eigenvalue weighted by Gasteiger charge is -2.06. The number of aromatic nitrogens is 3. The number of aryl methyl sites for hydroxylation is 1. The Kier molecular flexibility index (Phi) is 3.08. The molecule has 3 heteroatoms. The van der Waals surface area contributed by atoms with Crippen LogP contribution in [0.15, 0.2) is 12.4 Å². The highest BCUT2D eigenvalue weighted by Gasteiger charge is 1.98. The van der Waals surface area contributed by atoms with E-state index in [1.807, 2.05) is 10.9 Å². The van der Waals surface area contributed by atoms with E-state index >= 15 is 0 Å². The zero-order chi connectivity index (χ0) is 8.10. The Morgan fingerprint density at radius 1 is 1.55 bits per heavy atom. The van der Waals surface area contributed by atoms with E-state index in [9.17, 15) is 0 Å². The highest BCUT2D eigenvalue weighted by atomic mass is 15.4. The summed E-state index contributed by atoms with van der Waals surface area (Å²) in [5.41, 5.74) is 0. The van der Waals surface area contributed by atoms with Gasteiger partial charge in [0.1, 0.15) is 0 Å². The maximum Gasteiger partial charge on any atom is 0.0692 e. The second kappa shape index (κ2) is 4.11. The van der Waals surface area contributed by atoms with E-state index in [4.69, 9.17) is 0 Å². The van der Waals surface area contributed by atoms with Crippen LogP contribution in [-0.4, -0.2) is 15.0 Å². The van der Waals surface area contributed by atoms with Gasteiger partial charge in [0.2, 0.25) is 0 Å². The second-order valence-corrected chi connectivity index (χ2v) is 2.97. The largest absolute Gasteiger partial charge is 0.253 e. The summed E-state index contributed by atoms with van der Waals surface area (Å²) in [6.45, 7) is 5.47. The molecule has 1 aromatic rings. The van der Waals surface area contributed by atoms with Crippen LogP contribution >= 0.6 is 0 Å². The van der Waals surface area contributed by atoms with Crippen LogP contribution in [0.2, 0.25) is 0 Å². The first-order chi connectivity index (χ1) is 5.33. The van der Waals surface area contributed by atoms with Gasteiger partial charge in [0.25, 0.3) is 0 Å². The molecule has 1 unspecified atom stereocenters. The van der Waals surface area contributed by atoms with Crippen LogP contribution in [0.4, 0.5) is 0 Å². The van der Waals surface area contributed by atoms with Crippen LogP contribution < -0.4 is 0 Å². The fourth-order valence-corrected chi connectivity index (χ4v) is 0.909. The third kappa shape index (κ3) is 2.70. The van der Waals surface area contributed by atoms with Gasteiger partial charge in [0.05, 0.1) is 6.20 Å². The minimum atomic E-state index is 0.791. The lowest BCUT2D eigenvalue weighted by atomic mass is 10.1. The van der Waals surface area contributed by atoms with Gasteiger partial charge in [0.15, 0.2) is 0 Å². The molecule has 0 aliphatic carbocycles. The summed E-state index contributed by atoms with van der Waals surface area (Å²) < 4.78 is 1.88. The zero-order valence-electron chi connectivity index (χ0n) is 7.20. The molecule has 0 saturated heterocycles. The lowest BCUT2D eigenvalue weighted by Crippen LogP contribution is -2.03. The molecule has 11 heavy (non-hydrogen) atoms. The quantitative estimate of drug-likeness (QED) is 0.659. The van der Waals surface area contributed by atoms with E-state index in [0.29, 0.717) is 0 Å². The lowest BCUT2D eigenvalue weighted by molar-refractivity contribution is 0.443. The normalized spacial score (nSPS) is 13.3. The molecule has 0 aromatic carbocycles. The summed E-state index contributed by atoms with van der Waals surface area (Å²) in [4.78, 5) is 0. The van der Waals surface area contributed by atoms with Crippen LogP contribution in [-0.2, 0) is 6.54 Å². The van der Waals surface area contributed by atoms with Crippen LogP contribution in [0.1, 0.15) is 26.7 Å². The summed E-state index contributed by atoms with van der Waals surface area (Å²) in [6.07, 6.45) is 6.06. The Morgan fingerprint density at radius 3 is 2.91 bits per heavy atom. The van der Waals surface area contributed by atoms with Gasteiger partial charge < -0.3 is 0 Å². The monoisotopic (exact) mass is 153 g/mol. The molecule has 0 aliphatic rings. The van der Waals surface area contributed by atoms with E-state index in [1.165, 1.54) is 12.8 Å². The number of hydrogen-bond donors (Lipinski definition) is 0. The molecule has 0 aliphatic heterocycles. The maximum absolute atomic E-state index is 3.89. The highest BCUT2D eigenvalue weighted by molar-refractivity contribution is 4.64. The van der Waals surface area contributed by atoms with Crippen molar-refractivity contribution in [2.24, 2.45) is 5.92 Å². The molecule has 1 atom stereocenters. The molecule has 1 rings (SSSR count). The van der Waals surface area contributed by atoms with E-state index in [0.717, 1.165) is 12.5 Å². The van der Waals surface area contributed by atoms with Gasteiger partial charge in [-0.15, -0.1) is 5.10 Å². The molecule has 0 amide bonds. The third-order valence-electron chi connectivity index (χ3n) is 2.02. The van der Waals surface area contributed by atoms with E-state index < -0.39 is 0 Å². The topological polar surface area (TPSA) is 30.7 Å². The van der Waals surface area contributed by atoms with Crippen molar-refractivity contribution in [1.82, 2.24) is 15.0 Å². The van der Waals surface area contributed by atoms with Crippen LogP contribution in [0.25, 0.3) is 0 Å². The SMILES string of the molecule is CCC(C)CCn1ccnn1. The third-order valence-corrected chi connectivity index (χ3v) is 2.02. The Morgan fingerprint density at radius 2 is 2.36 bits per heavy atom. The summed E-state index contributed by atoms with van der Waals surface area (Å²) in [5, 5.41) is 7.63. The molecular formula is C8H15N3. The fraction of sp³-hybridized carbons (Fsp3) is 0.750. The molecule has 0 fully saturated rings. The van der Waals surface area contributed by atoms with E-state index in [2.05, 4.69) is 24.2 Å². The van der Waals surface area contributed by atoms with Crippen molar-refractivity contribution in [2.45, 2.75) is 33.2 Å². The van der Waals surface area contributed by atoms with E-state index in [1.54, 1.807) is 6.20 Å². The van der Waals surface area contributed by atoms with E-state index in [-0.39, 0.29) is 0 Å². The fourth-order valence-electron chi connectivity index (χ4n) is 0.909. The second-order valence-electron chi connectivity index (χ2n) is 2.97. The van der Waals surface area contributed by atoms with Crippen molar-refractivity contribution in [3.05, 3.63) is 12.4 Å². The average molecular weight is 153 g/mol. The van der Waals surface area contributed by atoms with Crippen molar-refractivity contribution in [2.75, 3.05) is 0 Å². The molecule has 0 N–H and O–H groups in total. The molecule has 1 aromatic heterocycles. The highest BCUT2D eigenvalue weighted by Crippen LogP contribution is 2.06. The molecule has 0 saturated carbocycles. The first-order valence-electron chi connectivity index (χ1n) is 4.17. The molecule has 0 radical (unpaired) electrons. The summed E-state index contributed by atoms with van der Waals surface area (Å²) in [5.74, 6) is 0.791. The number of nitrogens with zero attached hydrogens (tertiary/aromatic N) is 3. The predicted octanol–water partition coefficient (Wildman–Crippen LogP) is 1.71. The van der Waals surface area contributed by atoms with Gasteiger partial charge in [-0.3, -0.25) is 4.68 Å². The average Bonchev–Trinajstić information content (AvgIpc) is 2.52. The minimum absolute atomic E-state index is 0.791. The van der Waals surface area contributed by atoms with Crippen molar-refractivity contribution >= 4 is 0 Å². The first-order valence-corrected chi connectivity index (χ1v) is 4.17. The predicted molar refractivity (Wildman–Crippen MR) is 44.1 cm³/mol. The molecule has 1 heterocycles. The van der Waals surface area contributed by atoms with Crippen molar-refractivity contribution in [1.29, 1.82) is 0 Å². The summed E-state index contributed by atoms with van der Waals surface area (Å²) in [6, 6.07) is 0. The van der Waals surface area contributed by atoms with Crippen molar-refractivity contribution in [3.8, 4) is 0 Å². The molecule has 0 spiro atoms. The molecular weight excluding hydrogens is 138 g/mol. The van der Waals surface area contributed by atoms with Crippen molar-refractivity contribution in [3.63, 3.8) is 0 Å². The maximum atomic E-state index is 3.89. The Hall–Kier alpha value is -0.860. The zero-order valence-corrected chi connectivity index (χ0v) is 7.20. The van der Waals surface area contributed by atoms with Crippen LogP contribution in [0.3, 0.4) is 0 Å². The first kappa shape index (κ1) is 8.24.